The third kappa shape index (κ3) is 8.85. The first-order chi connectivity index (χ1) is 7.24. The van der Waals surface area contributed by atoms with Gasteiger partial charge in [-0.15, -0.1) is 0 Å². The SMILES string of the molecule is CCCOCCNC(C)CN(CC)CC. The van der Waals surface area contributed by atoms with E-state index in [-0.39, 0.29) is 0 Å². The predicted octanol–water partition coefficient (Wildman–Crippen LogP) is 1.73. The summed E-state index contributed by atoms with van der Waals surface area (Å²) in [5.41, 5.74) is 0. The highest BCUT2D eigenvalue weighted by molar-refractivity contribution is 4.65. The Morgan fingerprint density at radius 2 is 1.80 bits per heavy atom. The molecule has 1 unspecified atom stereocenters. The summed E-state index contributed by atoms with van der Waals surface area (Å²) in [6.45, 7) is 14.9. The second kappa shape index (κ2) is 10.4. The molecule has 0 radical (unpaired) electrons. The molecule has 0 saturated carbocycles. The van der Waals surface area contributed by atoms with Gasteiger partial charge in [0, 0.05) is 25.7 Å². The van der Waals surface area contributed by atoms with Gasteiger partial charge in [0.15, 0.2) is 0 Å². The molecule has 0 bridgehead atoms. The zero-order chi connectivity index (χ0) is 11.5. The van der Waals surface area contributed by atoms with Crippen molar-refractivity contribution in [3.05, 3.63) is 0 Å². The molecule has 0 aliphatic heterocycles. The van der Waals surface area contributed by atoms with E-state index < -0.39 is 0 Å². The van der Waals surface area contributed by atoms with Crippen molar-refractivity contribution < 1.29 is 4.74 Å². The summed E-state index contributed by atoms with van der Waals surface area (Å²) >= 11 is 0. The molecule has 0 aromatic carbocycles. The smallest absolute Gasteiger partial charge is 0.0591 e. The highest BCUT2D eigenvalue weighted by Gasteiger charge is 2.05. The van der Waals surface area contributed by atoms with Crippen LogP contribution in [0.25, 0.3) is 0 Å². The van der Waals surface area contributed by atoms with E-state index in [0.717, 1.165) is 45.8 Å². The Hall–Kier alpha value is -0.120. The second-order valence-corrected chi connectivity index (χ2v) is 3.95. The first-order valence-corrected chi connectivity index (χ1v) is 6.28. The molecule has 0 amide bonds. The molecule has 0 fully saturated rings. The fourth-order valence-electron chi connectivity index (χ4n) is 1.56. The molecular weight excluding hydrogens is 188 g/mol. The summed E-state index contributed by atoms with van der Waals surface area (Å²) in [4.78, 5) is 2.44. The van der Waals surface area contributed by atoms with Crippen molar-refractivity contribution in [2.75, 3.05) is 39.4 Å². The average Bonchev–Trinajstić information content (AvgIpc) is 2.25. The van der Waals surface area contributed by atoms with Crippen molar-refractivity contribution in [3.8, 4) is 0 Å². The van der Waals surface area contributed by atoms with Crippen LogP contribution in [0.1, 0.15) is 34.1 Å². The van der Waals surface area contributed by atoms with Gasteiger partial charge in [-0.05, 0) is 26.4 Å². The quantitative estimate of drug-likeness (QED) is 0.563. The molecule has 1 N–H and O–H groups in total. The van der Waals surface area contributed by atoms with E-state index in [2.05, 4.69) is 37.9 Å². The van der Waals surface area contributed by atoms with E-state index in [9.17, 15) is 0 Å². The molecule has 0 rings (SSSR count). The van der Waals surface area contributed by atoms with E-state index in [1.54, 1.807) is 0 Å². The maximum absolute atomic E-state index is 5.41. The van der Waals surface area contributed by atoms with Crippen molar-refractivity contribution in [3.63, 3.8) is 0 Å². The van der Waals surface area contributed by atoms with Gasteiger partial charge in [0.25, 0.3) is 0 Å². The van der Waals surface area contributed by atoms with Gasteiger partial charge in [-0.3, -0.25) is 0 Å². The Morgan fingerprint density at radius 3 is 2.33 bits per heavy atom. The first kappa shape index (κ1) is 14.9. The molecule has 15 heavy (non-hydrogen) atoms. The van der Waals surface area contributed by atoms with Gasteiger partial charge in [-0.2, -0.15) is 0 Å². The molecule has 3 heteroatoms. The van der Waals surface area contributed by atoms with Crippen LogP contribution < -0.4 is 5.32 Å². The maximum atomic E-state index is 5.41. The fourth-order valence-corrected chi connectivity index (χ4v) is 1.56. The third-order valence-electron chi connectivity index (χ3n) is 2.51. The molecule has 1 atom stereocenters. The van der Waals surface area contributed by atoms with Gasteiger partial charge in [0.1, 0.15) is 0 Å². The molecule has 0 aromatic heterocycles. The second-order valence-electron chi connectivity index (χ2n) is 3.95. The highest BCUT2D eigenvalue weighted by Crippen LogP contribution is 1.91. The number of likely N-dealkylation sites (N-methyl/N-ethyl adjacent to an activating group) is 1. The van der Waals surface area contributed by atoms with Crippen molar-refractivity contribution in [1.82, 2.24) is 10.2 Å². The van der Waals surface area contributed by atoms with Crippen molar-refractivity contribution >= 4 is 0 Å². The summed E-state index contributed by atoms with van der Waals surface area (Å²) in [5, 5.41) is 3.47. The van der Waals surface area contributed by atoms with Gasteiger partial charge >= 0.3 is 0 Å². The number of hydrogen-bond acceptors (Lipinski definition) is 3. The summed E-state index contributed by atoms with van der Waals surface area (Å²) < 4.78 is 5.41. The maximum Gasteiger partial charge on any atom is 0.0591 e. The average molecular weight is 216 g/mol. The van der Waals surface area contributed by atoms with Crippen LogP contribution in [-0.4, -0.2) is 50.3 Å². The lowest BCUT2D eigenvalue weighted by atomic mass is 10.3. The fraction of sp³-hybridized carbons (Fsp3) is 1.00. The lowest BCUT2D eigenvalue weighted by molar-refractivity contribution is 0.133. The minimum Gasteiger partial charge on any atom is -0.380 e. The van der Waals surface area contributed by atoms with E-state index in [1.807, 2.05) is 0 Å². The van der Waals surface area contributed by atoms with E-state index in [1.165, 1.54) is 0 Å². The molecule has 3 nitrogen and oxygen atoms in total. The van der Waals surface area contributed by atoms with Crippen molar-refractivity contribution in [2.45, 2.75) is 40.2 Å². The monoisotopic (exact) mass is 216 g/mol. The molecule has 92 valence electrons. The topological polar surface area (TPSA) is 24.5 Å². The third-order valence-corrected chi connectivity index (χ3v) is 2.51. The zero-order valence-corrected chi connectivity index (χ0v) is 10.9. The van der Waals surface area contributed by atoms with Gasteiger partial charge in [-0.25, -0.2) is 0 Å². The Bertz CT molecular complexity index is 127. The van der Waals surface area contributed by atoms with Crippen LogP contribution >= 0.6 is 0 Å². The standard InChI is InChI=1S/C12H28N2O/c1-5-9-15-10-8-13-12(4)11-14(6-2)7-3/h12-13H,5-11H2,1-4H3. The van der Waals surface area contributed by atoms with Gasteiger partial charge < -0.3 is 15.0 Å². The molecular formula is C12H28N2O. The Morgan fingerprint density at radius 1 is 1.13 bits per heavy atom. The summed E-state index contributed by atoms with van der Waals surface area (Å²) in [5.74, 6) is 0. The molecule has 0 aliphatic carbocycles. The number of nitrogens with one attached hydrogen (secondary N) is 1. The summed E-state index contributed by atoms with van der Waals surface area (Å²) in [7, 11) is 0. The van der Waals surface area contributed by atoms with Gasteiger partial charge in [-0.1, -0.05) is 20.8 Å². The normalized spacial score (nSPS) is 13.4. The number of ether oxygens (including phenoxy) is 1. The van der Waals surface area contributed by atoms with E-state index in [4.69, 9.17) is 4.74 Å². The van der Waals surface area contributed by atoms with Crippen LogP contribution in [0, 0.1) is 0 Å². The van der Waals surface area contributed by atoms with Crippen LogP contribution in [0.4, 0.5) is 0 Å². The molecule has 0 spiro atoms. The highest BCUT2D eigenvalue weighted by atomic mass is 16.5. The molecule has 0 aliphatic rings. The number of hydrogen-bond donors (Lipinski definition) is 1. The van der Waals surface area contributed by atoms with E-state index >= 15 is 0 Å². The molecule has 0 aromatic rings. The van der Waals surface area contributed by atoms with E-state index in [0.29, 0.717) is 6.04 Å². The lowest BCUT2D eigenvalue weighted by Crippen LogP contribution is -2.40. The van der Waals surface area contributed by atoms with Crippen LogP contribution in [-0.2, 0) is 4.74 Å². The van der Waals surface area contributed by atoms with Crippen LogP contribution in [0.2, 0.25) is 0 Å². The van der Waals surface area contributed by atoms with Crippen molar-refractivity contribution in [2.24, 2.45) is 0 Å². The van der Waals surface area contributed by atoms with Gasteiger partial charge in [0.2, 0.25) is 0 Å². The van der Waals surface area contributed by atoms with Crippen LogP contribution in [0.15, 0.2) is 0 Å². The van der Waals surface area contributed by atoms with Crippen LogP contribution in [0.3, 0.4) is 0 Å². The summed E-state index contributed by atoms with van der Waals surface area (Å²) in [6, 6.07) is 0.551. The molecule has 0 heterocycles. The Kier molecular flexibility index (Phi) is 10.3. The number of rotatable bonds is 10. The summed E-state index contributed by atoms with van der Waals surface area (Å²) in [6.07, 6.45) is 1.11. The zero-order valence-electron chi connectivity index (χ0n) is 10.9. The largest absolute Gasteiger partial charge is 0.380 e. The first-order valence-electron chi connectivity index (χ1n) is 6.28. The Labute approximate surface area is 95.2 Å². The predicted molar refractivity (Wildman–Crippen MR) is 66.4 cm³/mol. The van der Waals surface area contributed by atoms with Crippen LogP contribution in [0.5, 0.6) is 0 Å². The lowest BCUT2D eigenvalue weighted by Gasteiger charge is -2.23. The van der Waals surface area contributed by atoms with Crippen molar-refractivity contribution in [1.29, 1.82) is 0 Å². The molecule has 0 saturated heterocycles. The minimum atomic E-state index is 0.551. The minimum absolute atomic E-state index is 0.551. The number of nitrogens with zero attached hydrogens (tertiary/aromatic N) is 1. The van der Waals surface area contributed by atoms with Gasteiger partial charge in [0.05, 0.1) is 6.61 Å². The Balaban J connectivity index is 3.35.